The molecule has 0 atom stereocenters. The van der Waals surface area contributed by atoms with Crippen LogP contribution in [-0.4, -0.2) is 56.8 Å². The van der Waals surface area contributed by atoms with Crippen LogP contribution in [-0.2, 0) is 40.2 Å². The van der Waals surface area contributed by atoms with Crippen molar-refractivity contribution in [2.75, 3.05) is 25.7 Å². The van der Waals surface area contributed by atoms with Crippen molar-refractivity contribution in [1.82, 2.24) is 3.97 Å². The summed E-state index contributed by atoms with van der Waals surface area (Å²) in [7, 11) is -2.08. The lowest BCUT2D eigenvalue weighted by molar-refractivity contribution is -0.136. The molecule has 0 unspecified atom stereocenters. The molecule has 12 heteroatoms. The molecule has 0 saturated carbocycles. The first-order chi connectivity index (χ1) is 20.4. The zero-order chi connectivity index (χ0) is 31.4. The highest BCUT2D eigenvalue weighted by Gasteiger charge is 2.33. The molecule has 0 saturated heterocycles. The summed E-state index contributed by atoms with van der Waals surface area (Å²) in [5, 5.41) is 0.472. The molecular weight excluding hydrogens is 576 g/mol. The highest BCUT2D eigenvalue weighted by atomic mass is 32.2. The Balaban J connectivity index is 2.00. The number of carbonyl (C=O) groups excluding carboxylic acids is 3. The molecular formula is C31H32N2O9S. The zero-order valence-electron chi connectivity index (χ0n) is 24.4. The van der Waals surface area contributed by atoms with E-state index in [1.807, 2.05) is 0 Å². The molecule has 0 bridgehead atoms. The van der Waals surface area contributed by atoms with E-state index < -0.39 is 33.7 Å². The average Bonchev–Trinajstić information content (AvgIpc) is 3.62. The van der Waals surface area contributed by atoms with Crippen LogP contribution in [0.25, 0.3) is 16.5 Å². The number of carbonyl (C=O) groups is 3. The number of aromatic nitrogens is 1. The summed E-state index contributed by atoms with van der Waals surface area (Å²) in [6, 6.07) is 17.6. The summed E-state index contributed by atoms with van der Waals surface area (Å²) in [4.78, 5) is 40.1. The Labute approximate surface area is 249 Å². The molecule has 2 aromatic heterocycles. The number of rotatable bonds is 9. The van der Waals surface area contributed by atoms with E-state index in [1.165, 1.54) is 23.3 Å². The van der Waals surface area contributed by atoms with Crippen molar-refractivity contribution < 1.29 is 41.4 Å². The van der Waals surface area contributed by atoms with E-state index >= 15 is 0 Å². The van der Waals surface area contributed by atoms with E-state index in [0.29, 0.717) is 10.9 Å². The number of esters is 2. The summed E-state index contributed by atoms with van der Waals surface area (Å²) in [5.74, 6) is -1.66. The van der Waals surface area contributed by atoms with Gasteiger partial charge in [-0.1, -0.05) is 36.4 Å². The first-order valence-electron chi connectivity index (χ1n) is 13.2. The predicted molar refractivity (Wildman–Crippen MR) is 159 cm³/mol. The Kier molecular flexibility index (Phi) is 9.10. The van der Waals surface area contributed by atoms with E-state index in [1.54, 1.807) is 75.4 Å². The lowest BCUT2D eigenvalue weighted by atomic mass is 10.0. The van der Waals surface area contributed by atoms with Gasteiger partial charge in [-0.2, -0.15) is 0 Å². The van der Waals surface area contributed by atoms with Gasteiger partial charge in [-0.05, 0) is 57.0 Å². The number of ether oxygens (including phenoxy) is 3. The maximum Gasteiger partial charge on any atom is 0.417 e. The Hall–Kier alpha value is -4.84. The van der Waals surface area contributed by atoms with Crippen LogP contribution in [0.1, 0.15) is 32.0 Å². The van der Waals surface area contributed by atoms with Gasteiger partial charge in [-0.25, -0.2) is 31.7 Å². The summed E-state index contributed by atoms with van der Waals surface area (Å²) in [6.07, 6.45) is 1.62. The van der Waals surface area contributed by atoms with Crippen molar-refractivity contribution >= 4 is 50.4 Å². The summed E-state index contributed by atoms with van der Waals surface area (Å²) in [5.41, 5.74) is -0.657. The first-order valence-corrected chi connectivity index (χ1v) is 14.7. The summed E-state index contributed by atoms with van der Waals surface area (Å²) in [6.45, 7) is 5.14. The second-order valence-corrected chi connectivity index (χ2v) is 12.1. The van der Waals surface area contributed by atoms with Crippen LogP contribution in [0.3, 0.4) is 0 Å². The Bertz CT molecular complexity index is 1760. The highest BCUT2D eigenvalue weighted by Crippen LogP contribution is 2.36. The van der Waals surface area contributed by atoms with Crippen LogP contribution < -0.4 is 4.90 Å². The number of methoxy groups -OCH3 is 2. The maximum atomic E-state index is 14.2. The van der Waals surface area contributed by atoms with E-state index in [2.05, 4.69) is 0 Å². The van der Waals surface area contributed by atoms with E-state index in [9.17, 15) is 22.8 Å². The quantitative estimate of drug-likeness (QED) is 0.143. The van der Waals surface area contributed by atoms with Crippen LogP contribution in [0.2, 0.25) is 0 Å². The molecule has 11 nitrogen and oxygen atoms in total. The topological polar surface area (TPSA) is 134 Å². The number of benzene rings is 2. The van der Waals surface area contributed by atoms with Gasteiger partial charge in [0.1, 0.15) is 5.60 Å². The number of hydrogen-bond acceptors (Lipinski definition) is 9. The highest BCUT2D eigenvalue weighted by molar-refractivity contribution is 7.90. The molecule has 0 spiro atoms. The molecule has 2 aromatic carbocycles. The number of para-hydroxylation sites is 1. The van der Waals surface area contributed by atoms with Crippen LogP contribution >= 0.6 is 0 Å². The van der Waals surface area contributed by atoms with Crippen molar-refractivity contribution in [3.8, 4) is 0 Å². The van der Waals surface area contributed by atoms with Crippen LogP contribution in [0.4, 0.5) is 10.7 Å². The molecule has 0 aliphatic carbocycles. The van der Waals surface area contributed by atoms with E-state index in [-0.39, 0.29) is 40.5 Å². The second kappa shape index (κ2) is 12.6. The van der Waals surface area contributed by atoms with Gasteiger partial charge in [-0.15, -0.1) is 0 Å². The minimum Gasteiger partial charge on any atom is -0.466 e. The van der Waals surface area contributed by atoms with Gasteiger partial charge in [0.05, 0.1) is 42.2 Å². The van der Waals surface area contributed by atoms with Gasteiger partial charge in [-0.3, -0.25) is 0 Å². The molecule has 4 aromatic rings. The fraction of sp³-hybridized carbons (Fsp3) is 0.258. The van der Waals surface area contributed by atoms with Crippen LogP contribution in [0, 0.1) is 0 Å². The number of furan rings is 1. The normalized spacial score (nSPS) is 12.2. The van der Waals surface area contributed by atoms with E-state index in [4.69, 9.17) is 18.6 Å². The number of fused-ring (bicyclic) bond motifs is 1. The Morgan fingerprint density at radius 3 is 2.21 bits per heavy atom. The molecule has 4 rings (SSSR count). The van der Waals surface area contributed by atoms with Crippen molar-refractivity contribution in [2.45, 2.75) is 37.7 Å². The SMILES string of the molecule is COC(=O)/C=C(\C(=O)OC)c1c(CCN(C(=O)OC(C)(C)C)c2ccco2)c2ccccc2n1S(=O)(=O)c1ccccc1. The third kappa shape index (κ3) is 6.64. The molecule has 226 valence electrons. The molecule has 0 aliphatic rings. The minimum atomic E-state index is -4.33. The monoisotopic (exact) mass is 608 g/mol. The van der Waals surface area contributed by atoms with Crippen molar-refractivity contribution in [3.63, 3.8) is 0 Å². The third-order valence-electron chi connectivity index (χ3n) is 6.31. The van der Waals surface area contributed by atoms with Gasteiger partial charge in [0, 0.05) is 24.1 Å². The van der Waals surface area contributed by atoms with Crippen molar-refractivity contribution in [1.29, 1.82) is 0 Å². The molecule has 2 heterocycles. The lowest BCUT2D eigenvalue weighted by Crippen LogP contribution is -2.38. The fourth-order valence-corrected chi connectivity index (χ4v) is 6.09. The fourth-order valence-electron chi connectivity index (χ4n) is 4.52. The molecule has 43 heavy (non-hydrogen) atoms. The molecule has 0 N–H and O–H groups in total. The number of nitrogens with zero attached hydrogens (tertiary/aromatic N) is 2. The number of amides is 1. The standard InChI is InChI=1S/C31H32N2O9S/c1-31(2,3)42-30(36)32(26-16-11-19-41-26)18-17-23-22-14-9-10-15-25(22)33(43(37,38)21-12-7-6-8-13-21)28(23)24(29(35)40-5)20-27(34)39-4/h6-16,19-20H,17-18H2,1-5H3/b24-20-. The predicted octanol–water partition coefficient (Wildman–Crippen LogP) is 5.18. The van der Waals surface area contributed by atoms with Gasteiger partial charge in [0.25, 0.3) is 10.0 Å². The first kappa shape index (κ1) is 31.1. The smallest absolute Gasteiger partial charge is 0.417 e. The maximum absolute atomic E-state index is 14.2. The van der Waals surface area contributed by atoms with Crippen LogP contribution in [0.15, 0.2) is 88.4 Å². The lowest BCUT2D eigenvalue weighted by Gasteiger charge is -2.26. The van der Waals surface area contributed by atoms with Crippen molar-refractivity contribution in [2.24, 2.45) is 0 Å². The number of anilines is 1. The molecule has 0 radical (unpaired) electrons. The van der Waals surface area contributed by atoms with Crippen molar-refractivity contribution in [3.05, 3.63) is 90.3 Å². The van der Waals surface area contributed by atoms with Gasteiger partial charge in [0.15, 0.2) is 0 Å². The van der Waals surface area contributed by atoms with Gasteiger partial charge in [0.2, 0.25) is 5.88 Å². The Morgan fingerprint density at radius 2 is 1.60 bits per heavy atom. The molecule has 1 amide bonds. The zero-order valence-corrected chi connectivity index (χ0v) is 25.2. The molecule has 0 aliphatic heterocycles. The summed E-state index contributed by atoms with van der Waals surface area (Å²) >= 11 is 0. The van der Waals surface area contributed by atoms with Crippen LogP contribution in [0.5, 0.6) is 0 Å². The minimum absolute atomic E-state index is 0.0165. The third-order valence-corrected chi connectivity index (χ3v) is 8.04. The van der Waals surface area contributed by atoms with Gasteiger partial charge < -0.3 is 18.6 Å². The average molecular weight is 609 g/mol. The molecule has 0 fully saturated rings. The largest absolute Gasteiger partial charge is 0.466 e. The van der Waals surface area contributed by atoms with E-state index in [0.717, 1.165) is 24.3 Å². The van der Waals surface area contributed by atoms with Gasteiger partial charge >= 0.3 is 18.0 Å². The second-order valence-electron chi connectivity index (χ2n) is 10.3. The Morgan fingerprint density at radius 1 is 0.930 bits per heavy atom. The number of hydrogen-bond donors (Lipinski definition) is 0. The summed E-state index contributed by atoms with van der Waals surface area (Å²) < 4.78 is 50.3.